The summed E-state index contributed by atoms with van der Waals surface area (Å²) in [5, 5.41) is 9.86. The molecule has 100 valence electrons. The summed E-state index contributed by atoms with van der Waals surface area (Å²) in [7, 11) is 0. The molecule has 0 radical (unpaired) electrons. The van der Waals surface area contributed by atoms with Crippen LogP contribution in [0.5, 0.6) is 5.75 Å². The molecule has 0 aliphatic rings. The van der Waals surface area contributed by atoms with E-state index in [2.05, 4.69) is 9.97 Å². The topological polar surface area (TPSA) is 72.3 Å². The SMILES string of the molecule is CCC(C)Oc1c(C(=O)O)cnc2nc(C)ccc12. The lowest BCUT2D eigenvalue weighted by Gasteiger charge is -2.16. The maximum atomic E-state index is 11.3. The van der Waals surface area contributed by atoms with Gasteiger partial charge in [-0.3, -0.25) is 0 Å². The van der Waals surface area contributed by atoms with Gasteiger partial charge in [0.2, 0.25) is 0 Å². The van der Waals surface area contributed by atoms with Crippen molar-refractivity contribution in [3.05, 3.63) is 29.6 Å². The van der Waals surface area contributed by atoms with Crippen LogP contribution in [-0.2, 0) is 0 Å². The fourth-order valence-electron chi connectivity index (χ4n) is 1.71. The molecule has 0 aliphatic carbocycles. The van der Waals surface area contributed by atoms with Crippen molar-refractivity contribution in [2.24, 2.45) is 0 Å². The summed E-state index contributed by atoms with van der Waals surface area (Å²) >= 11 is 0. The first-order valence-corrected chi connectivity index (χ1v) is 6.19. The van der Waals surface area contributed by atoms with Crippen LogP contribution in [0.15, 0.2) is 18.3 Å². The first kappa shape index (κ1) is 13.3. The van der Waals surface area contributed by atoms with Gasteiger partial charge in [-0.2, -0.15) is 0 Å². The van der Waals surface area contributed by atoms with Gasteiger partial charge in [-0.05, 0) is 32.4 Å². The smallest absolute Gasteiger partial charge is 0.341 e. The van der Waals surface area contributed by atoms with Crippen molar-refractivity contribution in [1.29, 1.82) is 0 Å². The molecule has 2 heterocycles. The standard InChI is InChI=1S/C14H16N2O3/c1-4-9(3)19-12-10-6-5-8(2)16-13(10)15-7-11(12)14(17)18/h5-7,9H,4H2,1-3H3,(H,17,18). The minimum absolute atomic E-state index is 0.0648. The number of hydrogen-bond acceptors (Lipinski definition) is 4. The predicted octanol–water partition coefficient (Wildman–Crippen LogP) is 2.81. The highest BCUT2D eigenvalue weighted by Gasteiger charge is 2.18. The van der Waals surface area contributed by atoms with Crippen molar-refractivity contribution < 1.29 is 14.6 Å². The molecule has 5 nitrogen and oxygen atoms in total. The second kappa shape index (κ2) is 5.22. The number of nitrogens with zero attached hydrogens (tertiary/aromatic N) is 2. The number of aromatic carboxylic acids is 1. The molecule has 19 heavy (non-hydrogen) atoms. The van der Waals surface area contributed by atoms with Crippen molar-refractivity contribution in [3.8, 4) is 5.75 Å². The molecule has 0 saturated heterocycles. The van der Waals surface area contributed by atoms with Crippen LogP contribution >= 0.6 is 0 Å². The summed E-state index contributed by atoms with van der Waals surface area (Å²) in [4.78, 5) is 19.6. The van der Waals surface area contributed by atoms with Gasteiger partial charge in [-0.15, -0.1) is 0 Å². The highest BCUT2D eigenvalue weighted by atomic mass is 16.5. The van der Waals surface area contributed by atoms with Crippen molar-refractivity contribution in [3.63, 3.8) is 0 Å². The Morgan fingerprint density at radius 1 is 1.47 bits per heavy atom. The number of rotatable bonds is 4. The van der Waals surface area contributed by atoms with E-state index in [4.69, 9.17) is 4.74 Å². The van der Waals surface area contributed by atoms with E-state index in [1.54, 1.807) is 6.07 Å². The molecule has 1 atom stereocenters. The molecule has 5 heteroatoms. The van der Waals surface area contributed by atoms with Gasteiger partial charge in [-0.25, -0.2) is 14.8 Å². The number of carboxylic acid groups (broad SMARTS) is 1. The second-order valence-corrected chi connectivity index (χ2v) is 4.47. The molecular weight excluding hydrogens is 244 g/mol. The summed E-state index contributed by atoms with van der Waals surface area (Å²) in [6.07, 6.45) is 2.03. The van der Waals surface area contributed by atoms with E-state index in [-0.39, 0.29) is 11.7 Å². The molecule has 1 unspecified atom stereocenters. The van der Waals surface area contributed by atoms with Crippen LogP contribution in [0.3, 0.4) is 0 Å². The third-order valence-corrected chi connectivity index (χ3v) is 2.94. The van der Waals surface area contributed by atoms with E-state index in [1.807, 2.05) is 26.8 Å². The minimum Gasteiger partial charge on any atom is -0.489 e. The number of aryl methyl sites for hydroxylation is 1. The lowest BCUT2D eigenvalue weighted by Crippen LogP contribution is -2.13. The summed E-state index contributed by atoms with van der Waals surface area (Å²) in [5.74, 6) is -0.701. The highest BCUT2D eigenvalue weighted by Crippen LogP contribution is 2.29. The lowest BCUT2D eigenvalue weighted by molar-refractivity contribution is 0.0689. The molecule has 0 saturated carbocycles. The largest absolute Gasteiger partial charge is 0.489 e. The van der Waals surface area contributed by atoms with Gasteiger partial charge < -0.3 is 9.84 Å². The highest BCUT2D eigenvalue weighted by molar-refractivity contribution is 5.97. The maximum Gasteiger partial charge on any atom is 0.341 e. The average Bonchev–Trinajstić information content (AvgIpc) is 2.38. The first-order valence-electron chi connectivity index (χ1n) is 6.19. The van der Waals surface area contributed by atoms with Crippen molar-refractivity contribution >= 4 is 17.0 Å². The average molecular weight is 260 g/mol. The van der Waals surface area contributed by atoms with Crippen LogP contribution in [0.2, 0.25) is 0 Å². The molecule has 0 fully saturated rings. The maximum absolute atomic E-state index is 11.3. The zero-order valence-corrected chi connectivity index (χ0v) is 11.2. The molecule has 0 amide bonds. The van der Waals surface area contributed by atoms with Crippen LogP contribution in [0, 0.1) is 6.92 Å². The van der Waals surface area contributed by atoms with Gasteiger partial charge in [0.05, 0.1) is 11.5 Å². The Labute approximate surface area is 111 Å². The number of pyridine rings is 2. The number of carboxylic acids is 1. The summed E-state index contributed by atoms with van der Waals surface area (Å²) in [5.41, 5.74) is 1.40. The number of fused-ring (bicyclic) bond motifs is 1. The minimum atomic E-state index is -1.05. The predicted molar refractivity (Wildman–Crippen MR) is 71.6 cm³/mol. The van der Waals surface area contributed by atoms with Crippen LogP contribution in [0.4, 0.5) is 0 Å². The van der Waals surface area contributed by atoms with Crippen LogP contribution in [0.1, 0.15) is 36.3 Å². The molecule has 0 spiro atoms. The summed E-state index contributed by atoms with van der Waals surface area (Å²) in [6.45, 7) is 5.75. The summed E-state index contributed by atoms with van der Waals surface area (Å²) in [6, 6.07) is 3.62. The van der Waals surface area contributed by atoms with Crippen molar-refractivity contribution in [2.45, 2.75) is 33.3 Å². The Morgan fingerprint density at radius 3 is 2.84 bits per heavy atom. The molecular formula is C14H16N2O3. The van der Waals surface area contributed by atoms with Gasteiger partial charge in [0.15, 0.2) is 5.65 Å². The number of hydrogen-bond donors (Lipinski definition) is 1. The summed E-state index contributed by atoms with van der Waals surface area (Å²) < 4.78 is 5.75. The van der Waals surface area contributed by atoms with Crippen molar-refractivity contribution in [1.82, 2.24) is 9.97 Å². The van der Waals surface area contributed by atoms with Crippen LogP contribution in [0.25, 0.3) is 11.0 Å². The monoisotopic (exact) mass is 260 g/mol. The van der Waals surface area contributed by atoms with Crippen LogP contribution < -0.4 is 4.74 Å². The Balaban J connectivity index is 2.65. The first-order chi connectivity index (χ1) is 9.02. The fraction of sp³-hybridized carbons (Fsp3) is 0.357. The zero-order chi connectivity index (χ0) is 14.0. The molecule has 0 aromatic carbocycles. The van der Waals surface area contributed by atoms with E-state index in [1.165, 1.54) is 6.20 Å². The number of aromatic nitrogens is 2. The van der Waals surface area contributed by atoms with E-state index in [9.17, 15) is 9.90 Å². The Morgan fingerprint density at radius 2 is 2.21 bits per heavy atom. The van der Waals surface area contributed by atoms with E-state index >= 15 is 0 Å². The quantitative estimate of drug-likeness (QED) is 0.915. The third-order valence-electron chi connectivity index (χ3n) is 2.94. The second-order valence-electron chi connectivity index (χ2n) is 4.47. The number of carbonyl (C=O) groups is 1. The molecule has 1 N–H and O–H groups in total. The Bertz CT molecular complexity index is 625. The molecule has 2 rings (SSSR count). The fourth-order valence-corrected chi connectivity index (χ4v) is 1.71. The molecule has 2 aromatic rings. The van der Waals surface area contributed by atoms with Crippen LogP contribution in [-0.4, -0.2) is 27.1 Å². The Hall–Kier alpha value is -2.17. The molecule has 0 bridgehead atoms. The van der Waals surface area contributed by atoms with Gasteiger partial charge in [0, 0.05) is 11.9 Å². The van der Waals surface area contributed by atoms with Gasteiger partial charge in [0.1, 0.15) is 11.3 Å². The normalized spacial score (nSPS) is 12.4. The van der Waals surface area contributed by atoms with E-state index in [0.29, 0.717) is 16.8 Å². The Kier molecular flexibility index (Phi) is 3.64. The zero-order valence-electron chi connectivity index (χ0n) is 11.2. The van der Waals surface area contributed by atoms with Gasteiger partial charge >= 0.3 is 5.97 Å². The third kappa shape index (κ3) is 2.65. The lowest BCUT2D eigenvalue weighted by atomic mass is 10.1. The van der Waals surface area contributed by atoms with E-state index < -0.39 is 5.97 Å². The van der Waals surface area contributed by atoms with Gasteiger partial charge in [-0.1, -0.05) is 6.92 Å². The molecule has 0 aliphatic heterocycles. The molecule has 2 aromatic heterocycles. The number of ether oxygens (including phenoxy) is 1. The van der Waals surface area contributed by atoms with E-state index in [0.717, 1.165) is 12.1 Å². The van der Waals surface area contributed by atoms with Crippen molar-refractivity contribution in [2.75, 3.05) is 0 Å². The van der Waals surface area contributed by atoms with Gasteiger partial charge in [0.25, 0.3) is 0 Å².